The molecule has 0 radical (unpaired) electrons. The summed E-state index contributed by atoms with van der Waals surface area (Å²) in [6, 6.07) is 9.27. The molecule has 5 heteroatoms. The van der Waals surface area contributed by atoms with Crippen molar-refractivity contribution in [2.75, 3.05) is 6.26 Å². The van der Waals surface area contributed by atoms with Gasteiger partial charge in [-0.2, -0.15) is 0 Å². The molecule has 0 spiro atoms. The molecule has 0 aromatic heterocycles. The van der Waals surface area contributed by atoms with E-state index in [2.05, 4.69) is 4.72 Å². The van der Waals surface area contributed by atoms with E-state index in [0.29, 0.717) is 0 Å². The standard InChI is InChI=1S/C8H10NO2S.Na/c1-12(10,11)9-7-8-5-3-2-4-6-8;/h2-6H,7H2,1H3;/q-1;+1. The van der Waals surface area contributed by atoms with E-state index < -0.39 is 10.0 Å². The zero-order valence-electron chi connectivity index (χ0n) is 7.77. The molecule has 0 amide bonds. The fourth-order valence-corrected chi connectivity index (χ4v) is 1.16. The summed E-state index contributed by atoms with van der Waals surface area (Å²) in [6.45, 7) is 0.236. The maximum Gasteiger partial charge on any atom is 1.00 e. The summed E-state index contributed by atoms with van der Waals surface area (Å²) in [4.78, 5) is 0. The van der Waals surface area contributed by atoms with E-state index in [-0.39, 0.29) is 36.1 Å². The number of nitrogens with zero attached hydrogens (tertiary/aromatic N) is 1. The maximum absolute atomic E-state index is 10.6. The molecule has 13 heavy (non-hydrogen) atoms. The first-order chi connectivity index (χ1) is 5.58. The molecule has 0 N–H and O–H groups in total. The van der Waals surface area contributed by atoms with Crippen LogP contribution in [0.1, 0.15) is 5.56 Å². The van der Waals surface area contributed by atoms with Crippen molar-refractivity contribution in [1.82, 2.24) is 0 Å². The number of rotatable bonds is 3. The van der Waals surface area contributed by atoms with Crippen molar-refractivity contribution in [2.45, 2.75) is 6.54 Å². The minimum Gasteiger partial charge on any atom is -0.545 e. The van der Waals surface area contributed by atoms with Crippen LogP contribution < -0.4 is 29.6 Å². The van der Waals surface area contributed by atoms with Crippen molar-refractivity contribution in [3.8, 4) is 0 Å². The maximum atomic E-state index is 10.6. The van der Waals surface area contributed by atoms with Crippen LogP contribution in [0.25, 0.3) is 4.72 Å². The molecule has 0 aliphatic heterocycles. The Morgan fingerprint density at radius 2 is 1.77 bits per heavy atom. The van der Waals surface area contributed by atoms with Gasteiger partial charge in [0.05, 0.1) is 10.0 Å². The SMILES string of the molecule is CS(=O)(=O)[N-]Cc1ccccc1.[Na+]. The molecule has 3 nitrogen and oxygen atoms in total. The van der Waals surface area contributed by atoms with Gasteiger partial charge in [0.2, 0.25) is 0 Å². The van der Waals surface area contributed by atoms with Crippen LogP contribution in [-0.2, 0) is 16.6 Å². The van der Waals surface area contributed by atoms with Crippen LogP contribution in [0.5, 0.6) is 0 Å². The van der Waals surface area contributed by atoms with Gasteiger partial charge >= 0.3 is 29.6 Å². The van der Waals surface area contributed by atoms with Gasteiger partial charge in [0, 0.05) is 6.26 Å². The first kappa shape index (κ1) is 13.1. The number of benzene rings is 1. The van der Waals surface area contributed by atoms with Gasteiger partial charge in [-0.25, -0.2) is 8.42 Å². The predicted molar refractivity (Wildman–Crippen MR) is 48.3 cm³/mol. The first-order valence-electron chi connectivity index (χ1n) is 3.50. The second kappa shape index (κ2) is 5.78. The van der Waals surface area contributed by atoms with Crippen molar-refractivity contribution in [3.63, 3.8) is 0 Å². The molecule has 0 heterocycles. The zero-order chi connectivity index (χ0) is 9.03. The van der Waals surface area contributed by atoms with Crippen LogP contribution in [0.3, 0.4) is 0 Å². The predicted octanol–water partition coefficient (Wildman–Crippen LogP) is -1.48. The molecule has 0 saturated heterocycles. The molecule has 66 valence electrons. The van der Waals surface area contributed by atoms with E-state index in [1.165, 1.54) is 0 Å². The van der Waals surface area contributed by atoms with Crippen LogP contribution in [0.15, 0.2) is 30.3 Å². The molecular formula is C8H10NNaO2S. The molecule has 0 aliphatic carbocycles. The summed E-state index contributed by atoms with van der Waals surface area (Å²) in [5.41, 5.74) is 0.905. The normalized spacial score (nSPS) is 10.5. The molecule has 1 aromatic carbocycles. The van der Waals surface area contributed by atoms with Crippen LogP contribution in [0.4, 0.5) is 0 Å². The van der Waals surface area contributed by atoms with E-state index in [1.807, 2.05) is 30.3 Å². The Morgan fingerprint density at radius 1 is 1.23 bits per heavy atom. The largest absolute Gasteiger partial charge is 1.00 e. The molecule has 1 aromatic rings. The van der Waals surface area contributed by atoms with E-state index in [9.17, 15) is 8.42 Å². The van der Waals surface area contributed by atoms with Gasteiger partial charge in [0.1, 0.15) is 0 Å². The van der Waals surface area contributed by atoms with Crippen molar-refractivity contribution < 1.29 is 38.0 Å². The smallest absolute Gasteiger partial charge is 0.545 e. The average molecular weight is 207 g/mol. The number of sulfonamides is 1. The van der Waals surface area contributed by atoms with Crippen LogP contribution in [-0.4, -0.2) is 14.7 Å². The summed E-state index contributed by atoms with van der Waals surface area (Å²) >= 11 is 0. The summed E-state index contributed by atoms with van der Waals surface area (Å²) < 4.78 is 24.8. The fourth-order valence-electron chi connectivity index (χ4n) is 0.775. The third-order valence-corrected chi connectivity index (χ3v) is 1.92. The Labute approximate surface area is 101 Å². The molecule has 0 atom stereocenters. The van der Waals surface area contributed by atoms with Gasteiger partial charge in [-0.3, -0.25) is 0 Å². The summed E-state index contributed by atoms with van der Waals surface area (Å²) in [5.74, 6) is 0. The van der Waals surface area contributed by atoms with Crippen molar-refractivity contribution in [1.29, 1.82) is 0 Å². The summed E-state index contributed by atoms with van der Waals surface area (Å²) in [6.07, 6.45) is 1.09. The van der Waals surface area contributed by atoms with E-state index in [1.54, 1.807) is 0 Å². The van der Waals surface area contributed by atoms with Crippen LogP contribution in [0, 0.1) is 0 Å². The summed E-state index contributed by atoms with van der Waals surface area (Å²) in [5, 5.41) is 0. The molecule has 0 unspecified atom stereocenters. The second-order valence-corrected chi connectivity index (χ2v) is 4.23. The van der Waals surface area contributed by atoms with E-state index >= 15 is 0 Å². The Kier molecular flexibility index (Phi) is 5.83. The molecular weight excluding hydrogens is 197 g/mol. The molecule has 0 bridgehead atoms. The first-order valence-corrected chi connectivity index (χ1v) is 5.35. The summed E-state index contributed by atoms with van der Waals surface area (Å²) in [7, 11) is -3.20. The average Bonchev–Trinajstić information content (AvgIpc) is 2.02. The topological polar surface area (TPSA) is 48.2 Å². The van der Waals surface area contributed by atoms with Gasteiger partial charge in [0.25, 0.3) is 0 Å². The Bertz CT molecular complexity index is 336. The van der Waals surface area contributed by atoms with Gasteiger partial charge in [-0.05, 0) is 0 Å². The van der Waals surface area contributed by atoms with Crippen molar-refractivity contribution >= 4 is 10.0 Å². The minimum absolute atomic E-state index is 0. The monoisotopic (exact) mass is 207 g/mol. The Balaban J connectivity index is 0.00000144. The van der Waals surface area contributed by atoms with Gasteiger partial charge in [0.15, 0.2) is 0 Å². The second-order valence-electron chi connectivity index (χ2n) is 2.51. The third kappa shape index (κ3) is 6.23. The minimum atomic E-state index is -3.20. The quantitative estimate of drug-likeness (QED) is 0.568. The third-order valence-electron chi connectivity index (χ3n) is 1.32. The van der Waals surface area contributed by atoms with E-state index in [0.717, 1.165) is 11.8 Å². The van der Waals surface area contributed by atoms with Gasteiger partial charge in [-0.15, -0.1) is 6.54 Å². The van der Waals surface area contributed by atoms with Gasteiger partial charge in [-0.1, -0.05) is 35.9 Å². The number of hydrogen-bond donors (Lipinski definition) is 0. The number of hydrogen-bond acceptors (Lipinski definition) is 2. The fraction of sp³-hybridized carbons (Fsp3) is 0.250. The Morgan fingerprint density at radius 3 is 2.23 bits per heavy atom. The van der Waals surface area contributed by atoms with Crippen LogP contribution in [0.2, 0.25) is 0 Å². The van der Waals surface area contributed by atoms with Gasteiger partial charge < -0.3 is 4.72 Å². The molecule has 1 rings (SSSR count). The van der Waals surface area contributed by atoms with Crippen molar-refractivity contribution in [2.24, 2.45) is 0 Å². The molecule has 0 fully saturated rings. The molecule has 0 aliphatic rings. The Hall–Kier alpha value is 0.130. The van der Waals surface area contributed by atoms with Crippen LogP contribution >= 0.6 is 0 Å². The zero-order valence-corrected chi connectivity index (χ0v) is 10.6. The van der Waals surface area contributed by atoms with Crippen molar-refractivity contribution in [3.05, 3.63) is 40.6 Å². The van der Waals surface area contributed by atoms with E-state index in [4.69, 9.17) is 0 Å². The molecule has 0 saturated carbocycles.